The fourth-order valence-electron chi connectivity index (χ4n) is 2.51. The molecule has 3 heterocycles. The molecule has 8 heteroatoms. The first-order chi connectivity index (χ1) is 11.1. The summed E-state index contributed by atoms with van der Waals surface area (Å²) in [5.41, 5.74) is 7.32. The van der Waals surface area contributed by atoms with E-state index in [0.29, 0.717) is 28.3 Å². The lowest BCUT2D eigenvalue weighted by Gasteiger charge is -2.06. The Morgan fingerprint density at radius 3 is 2.74 bits per heavy atom. The lowest BCUT2D eigenvalue weighted by atomic mass is 10.0. The molecule has 0 atom stereocenters. The number of H-pyrrole nitrogens is 1. The van der Waals surface area contributed by atoms with Crippen molar-refractivity contribution in [1.82, 2.24) is 9.61 Å². The van der Waals surface area contributed by atoms with Crippen LogP contribution >= 0.6 is 12.2 Å². The first-order valence-corrected chi connectivity index (χ1v) is 6.99. The van der Waals surface area contributed by atoms with Crippen molar-refractivity contribution in [3.8, 4) is 23.5 Å². The maximum Gasteiger partial charge on any atom is 0.324 e. The van der Waals surface area contributed by atoms with Gasteiger partial charge in [-0.1, -0.05) is 17.2 Å². The summed E-state index contributed by atoms with van der Waals surface area (Å²) >= 11 is 5.28. The third kappa shape index (κ3) is 2.01. The smallest absolute Gasteiger partial charge is 0.324 e. The van der Waals surface area contributed by atoms with Gasteiger partial charge in [0.25, 0.3) is 5.65 Å². The quantitative estimate of drug-likeness (QED) is 0.435. The molecule has 0 saturated carbocycles. The summed E-state index contributed by atoms with van der Waals surface area (Å²) in [4.78, 5) is 0. The number of nitrogen functional groups attached to an aromatic ring is 1. The van der Waals surface area contributed by atoms with E-state index in [1.54, 1.807) is 22.8 Å². The van der Waals surface area contributed by atoms with E-state index in [4.69, 9.17) is 22.4 Å². The number of pyridine rings is 1. The molecule has 0 aliphatic carbocycles. The van der Waals surface area contributed by atoms with Crippen LogP contribution in [0, 0.1) is 27.4 Å². The predicted octanol–water partition coefficient (Wildman–Crippen LogP) is 2.06. The van der Waals surface area contributed by atoms with Crippen molar-refractivity contribution in [2.24, 2.45) is 0 Å². The van der Waals surface area contributed by atoms with Crippen molar-refractivity contribution in [3.63, 3.8) is 0 Å². The monoisotopic (exact) mass is 323 g/mol. The predicted molar refractivity (Wildman–Crippen MR) is 84.5 cm³/mol. The van der Waals surface area contributed by atoms with Crippen LogP contribution in [-0.2, 0) is 6.54 Å². The van der Waals surface area contributed by atoms with Gasteiger partial charge in [-0.15, -0.1) is 5.10 Å². The second-order valence-electron chi connectivity index (χ2n) is 4.69. The molecule has 0 radical (unpaired) electrons. The molecule has 3 aromatic heterocycles. The molecule has 0 spiro atoms. The zero-order valence-electron chi connectivity index (χ0n) is 11.9. The summed E-state index contributed by atoms with van der Waals surface area (Å²) in [6, 6.07) is 7.52. The SMILES string of the molecule is C=CC[n+]1c(=S)[nH]n2c(N)c(C#N)c(-c3ccco3)c(C#N)c21. The van der Waals surface area contributed by atoms with Gasteiger partial charge in [0, 0.05) is 0 Å². The highest BCUT2D eigenvalue weighted by Crippen LogP contribution is 2.32. The third-order valence-corrected chi connectivity index (χ3v) is 3.76. The van der Waals surface area contributed by atoms with Crippen LogP contribution in [0.5, 0.6) is 0 Å². The lowest BCUT2D eigenvalue weighted by Crippen LogP contribution is -2.34. The van der Waals surface area contributed by atoms with Crippen LogP contribution in [-0.4, -0.2) is 9.61 Å². The number of hydrogen-bond donors (Lipinski definition) is 2. The zero-order chi connectivity index (χ0) is 16.6. The van der Waals surface area contributed by atoms with Gasteiger partial charge in [0.05, 0.1) is 18.4 Å². The first kappa shape index (κ1) is 14.6. The third-order valence-electron chi connectivity index (χ3n) is 3.44. The van der Waals surface area contributed by atoms with Gasteiger partial charge in [-0.05, 0) is 24.4 Å². The van der Waals surface area contributed by atoms with E-state index >= 15 is 0 Å². The minimum atomic E-state index is 0.149. The normalized spacial score (nSPS) is 10.3. The molecule has 112 valence electrons. The molecule has 0 amide bonds. The van der Waals surface area contributed by atoms with Gasteiger partial charge in [0.2, 0.25) is 5.82 Å². The number of nitrogens with zero attached hydrogens (tertiary/aromatic N) is 4. The largest absolute Gasteiger partial charge is 0.464 e. The van der Waals surface area contributed by atoms with E-state index in [-0.39, 0.29) is 16.9 Å². The first-order valence-electron chi connectivity index (χ1n) is 6.59. The van der Waals surface area contributed by atoms with Gasteiger partial charge in [-0.3, -0.25) is 0 Å². The Kier molecular flexibility index (Phi) is 3.45. The number of fused-ring (bicyclic) bond motifs is 1. The summed E-state index contributed by atoms with van der Waals surface area (Å²) in [5, 5.41) is 22.1. The van der Waals surface area contributed by atoms with Gasteiger partial charge >= 0.3 is 4.77 Å². The van der Waals surface area contributed by atoms with E-state index in [1.165, 1.54) is 10.8 Å². The molecule has 3 rings (SSSR count). The Balaban J connectivity index is 2.60. The standard InChI is InChI=1S/C15H10N6OS/c1-2-5-20-14-10(8-17)12(11-4-3-6-22-11)9(7-16)13(18)21(14)19-15(20)23/h2-4,6,18H,1,5H2,(H,19,23)/p+1. The van der Waals surface area contributed by atoms with E-state index in [0.717, 1.165) is 0 Å². The van der Waals surface area contributed by atoms with E-state index in [2.05, 4.69) is 17.7 Å². The van der Waals surface area contributed by atoms with Crippen LogP contribution in [0.3, 0.4) is 0 Å². The molecule has 0 bridgehead atoms. The van der Waals surface area contributed by atoms with Gasteiger partial charge in [-0.25, -0.2) is 4.57 Å². The van der Waals surface area contributed by atoms with Crippen molar-refractivity contribution >= 4 is 23.7 Å². The highest BCUT2D eigenvalue weighted by atomic mass is 32.1. The number of nitriles is 2. The summed E-state index contributed by atoms with van der Waals surface area (Å²) in [6.45, 7) is 4.08. The molecule has 23 heavy (non-hydrogen) atoms. The molecule has 0 saturated heterocycles. The molecule has 0 aromatic carbocycles. The van der Waals surface area contributed by atoms with E-state index in [1.807, 2.05) is 6.07 Å². The Hall–Kier alpha value is -3.36. The van der Waals surface area contributed by atoms with Gasteiger partial charge in [-0.2, -0.15) is 10.5 Å². The molecular weight excluding hydrogens is 312 g/mol. The summed E-state index contributed by atoms with van der Waals surface area (Å²) in [5.74, 6) is 0.548. The maximum atomic E-state index is 9.69. The molecule has 0 aliphatic rings. The number of furan rings is 1. The molecule has 7 nitrogen and oxygen atoms in total. The Labute approximate surface area is 136 Å². The molecular formula is C15H11N6OS+. The van der Waals surface area contributed by atoms with Crippen molar-refractivity contribution < 1.29 is 8.98 Å². The number of aromatic amines is 1. The topological polar surface area (TPSA) is 111 Å². The second-order valence-corrected chi connectivity index (χ2v) is 5.07. The highest BCUT2D eigenvalue weighted by Gasteiger charge is 2.29. The molecule has 0 aliphatic heterocycles. The zero-order valence-corrected chi connectivity index (χ0v) is 12.7. The van der Waals surface area contributed by atoms with Crippen LogP contribution in [0.25, 0.3) is 17.0 Å². The fraction of sp³-hybridized carbons (Fsp3) is 0.0667. The summed E-state index contributed by atoms with van der Waals surface area (Å²) in [7, 11) is 0. The summed E-state index contributed by atoms with van der Waals surface area (Å²) < 4.78 is 8.88. The van der Waals surface area contributed by atoms with Crippen molar-refractivity contribution in [2.75, 3.05) is 5.73 Å². The molecule has 3 aromatic rings. The minimum Gasteiger partial charge on any atom is -0.464 e. The Bertz CT molecular complexity index is 1060. The molecule has 0 unspecified atom stereocenters. The Morgan fingerprint density at radius 2 is 2.17 bits per heavy atom. The van der Waals surface area contributed by atoms with Crippen LogP contribution in [0.1, 0.15) is 11.1 Å². The van der Waals surface area contributed by atoms with Crippen LogP contribution < -0.4 is 10.3 Å². The van der Waals surface area contributed by atoms with Crippen LogP contribution in [0.4, 0.5) is 5.82 Å². The lowest BCUT2D eigenvalue weighted by molar-refractivity contribution is -0.668. The summed E-state index contributed by atoms with van der Waals surface area (Å²) in [6.07, 6.45) is 3.13. The molecule has 0 fully saturated rings. The van der Waals surface area contributed by atoms with Crippen molar-refractivity contribution in [3.05, 3.63) is 46.9 Å². The molecule has 3 N–H and O–H groups in total. The Morgan fingerprint density at radius 1 is 1.43 bits per heavy atom. The van der Waals surface area contributed by atoms with Gasteiger partial charge in [0.15, 0.2) is 0 Å². The second kappa shape index (κ2) is 5.44. The number of aromatic nitrogens is 3. The average Bonchev–Trinajstić information content (AvgIpc) is 3.17. The van der Waals surface area contributed by atoms with Gasteiger partial charge < -0.3 is 10.2 Å². The van der Waals surface area contributed by atoms with Crippen molar-refractivity contribution in [2.45, 2.75) is 6.54 Å². The van der Waals surface area contributed by atoms with Crippen LogP contribution in [0.15, 0.2) is 35.5 Å². The maximum absolute atomic E-state index is 9.69. The fourth-order valence-corrected chi connectivity index (χ4v) is 2.76. The number of allylic oxidation sites excluding steroid dienone is 1. The number of nitrogens with one attached hydrogen (secondary N) is 1. The number of rotatable bonds is 3. The number of hydrogen-bond acceptors (Lipinski definition) is 5. The van der Waals surface area contributed by atoms with Crippen LogP contribution in [0.2, 0.25) is 0 Å². The van der Waals surface area contributed by atoms with E-state index in [9.17, 15) is 10.5 Å². The van der Waals surface area contributed by atoms with E-state index < -0.39 is 0 Å². The number of nitrogens with two attached hydrogens (primary N) is 1. The minimum absolute atomic E-state index is 0.149. The average molecular weight is 323 g/mol. The number of anilines is 1. The van der Waals surface area contributed by atoms with Crippen molar-refractivity contribution in [1.29, 1.82) is 10.5 Å². The highest BCUT2D eigenvalue weighted by molar-refractivity contribution is 7.71. The van der Waals surface area contributed by atoms with Gasteiger partial charge in [0.1, 0.15) is 29.0 Å².